The average Bonchev–Trinajstić information content (AvgIpc) is 2.79. The van der Waals surface area contributed by atoms with Crippen molar-refractivity contribution < 1.29 is 27.1 Å². The third-order valence-electron chi connectivity index (χ3n) is 7.42. The molecule has 0 amide bonds. The summed E-state index contributed by atoms with van der Waals surface area (Å²) >= 11 is 0. The largest absolute Gasteiger partial charge is 0.507 e. The molecule has 0 radical (unpaired) electrons. The summed E-state index contributed by atoms with van der Waals surface area (Å²) in [5.41, 5.74) is 1.75. The van der Waals surface area contributed by atoms with Crippen LogP contribution in [0, 0.1) is 0 Å². The fraction of sp³-hybridized carbons (Fsp3) is 0.583. The Hall–Kier alpha value is -2.49. The van der Waals surface area contributed by atoms with Crippen LogP contribution in [0.5, 0.6) is 5.75 Å². The molecule has 2 heterocycles. The van der Waals surface area contributed by atoms with Crippen molar-refractivity contribution in [3.05, 3.63) is 34.9 Å². The molecule has 1 aromatic carbocycles. The van der Waals surface area contributed by atoms with Crippen molar-refractivity contribution in [2.75, 3.05) is 25.0 Å². The van der Waals surface area contributed by atoms with Gasteiger partial charge < -0.3 is 10.4 Å². The Morgan fingerprint density at radius 1 is 1.03 bits per heavy atom. The predicted octanol–water partition coefficient (Wildman–Crippen LogP) is 5.76. The number of benzene rings is 1. The van der Waals surface area contributed by atoms with E-state index in [2.05, 4.69) is 15.5 Å². The second-order valence-electron chi connectivity index (χ2n) is 9.64. The summed E-state index contributed by atoms with van der Waals surface area (Å²) in [6.07, 6.45) is -1.36. The third-order valence-corrected chi connectivity index (χ3v) is 7.42. The molecule has 2 fully saturated rings. The molecule has 4 aliphatic rings. The van der Waals surface area contributed by atoms with Gasteiger partial charge in [0.05, 0.1) is 12.1 Å². The van der Waals surface area contributed by atoms with Crippen LogP contribution in [0.15, 0.2) is 18.2 Å². The van der Waals surface area contributed by atoms with Crippen LogP contribution in [0.2, 0.25) is 0 Å². The molecule has 5 nitrogen and oxygen atoms in total. The van der Waals surface area contributed by atoms with Gasteiger partial charge >= 0.3 is 6.18 Å². The van der Waals surface area contributed by atoms with Gasteiger partial charge in [-0.25, -0.2) is 8.78 Å². The molecular weight excluding hydrogens is 455 g/mol. The van der Waals surface area contributed by atoms with Gasteiger partial charge in [-0.2, -0.15) is 13.2 Å². The molecule has 1 aromatic heterocycles. The van der Waals surface area contributed by atoms with E-state index in [4.69, 9.17) is 0 Å². The van der Waals surface area contributed by atoms with Crippen molar-refractivity contribution in [2.24, 2.45) is 0 Å². The molecule has 1 atom stereocenters. The third kappa shape index (κ3) is 4.44. The molecule has 2 N–H and O–H groups in total. The number of alkyl halides is 5. The Balaban J connectivity index is 1.49. The van der Waals surface area contributed by atoms with Crippen LogP contribution in [0.4, 0.5) is 27.8 Å². The van der Waals surface area contributed by atoms with Gasteiger partial charge in [0, 0.05) is 23.7 Å². The molecule has 34 heavy (non-hydrogen) atoms. The first-order chi connectivity index (χ1) is 16.2. The highest BCUT2D eigenvalue weighted by molar-refractivity contribution is 5.74. The highest BCUT2D eigenvalue weighted by atomic mass is 19.4. The maximum Gasteiger partial charge on any atom is 0.416 e. The van der Waals surface area contributed by atoms with E-state index in [-0.39, 0.29) is 30.0 Å². The van der Waals surface area contributed by atoms with E-state index in [0.717, 1.165) is 61.8 Å². The molecule has 10 heteroatoms. The van der Waals surface area contributed by atoms with Gasteiger partial charge in [-0.1, -0.05) is 0 Å². The number of anilines is 1. The van der Waals surface area contributed by atoms with E-state index in [9.17, 15) is 27.1 Å². The van der Waals surface area contributed by atoms with Crippen LogP contribution in [-0.4, -0.2) is 52.3 Å². The van der Waals surface area contributed by atoms with Crippen LogP contribution in [0.25, 0.3) is 11.3 Å². The smallest absolute Gasteiger partial charge is 0.416 e. The number of piperidine rings is 1. The number of hydrogen-bond acceptors (Lipinski definition) is 5. The fourth-order valence-corrected chi connectivity index (χ4v) is 5.90. The Kier molecular flexibility index (Phi) is 6.12. The number of aromatic nitrogens is 2. The topological polar surface area (TPSA) is 61.3 Å². The van der Waals surface area contributed by atoms with Crippen molar-refractivity contribution in [3.63, 3.8) is 0 Å². The fourth-order valence-electron chi connectivity index (χ4n) is 5.90. The number of aromatic hydroxyl groups is 1. The SMILES string of the molecule is Oc1cc(C(F)(F)F)ccc1-c1nnc(N[C@@H]2CCCN(CC(F)F)C2)c2c1C1CCC2CC1. The Labute approximate surface area is 194 Å². The van der Waals surface area contributed by atoms with Gasteiger partial charge in [-0.3, -0.25) is 4.90 Å². The highest BCUT2D eigenvalue weighted by Crippen LogP contribution is 2.54. The number of phenolic OH excluding ortho intramolecular Hbond substituents is 1. The molecule has 0 unspecified atom stereocenters. The van der Waals surface area contributed by atoms with Gasteiger partial charge in [0.15, 0.2) is 5.82 Å². The Morgan fingerprint density at radius 2 is 1.74 bits per heavy atom. The maximum absolute atomic E-state index is 13.1. The zero-order chi connectivity index (χ0) is 24.0. The van der Waals surface area contributed by atoms with Crippen molar-refractivity contribution in [2.45, 2.75) is 69.0 Å². The zero-order valence-electron chi connectivity index (χ0n) is 18.6. The summed E-state index contributed by atoms with van der Waals surface area (Å²) in [6, 6.07) is 2.92. The number of phenols is 1. The first-order valence-electron chi connectivity index (χ1n) is 11.8. The first kappa shape index (κ1) is 23.3. The molecule has 2 aromatic rings. The minimum atomic E-state index is -4.55. The minimum absolute atomic E-state index is 0.0309. The summed E-state index contributed by atoms with van der Waals surface area (Å²) in [5, 5.41) is 22.7. The van der Waals surface area contributed by atoms with Crippen molar-refractivity contribution in [1.29, 1.82) is 0 Å². The molecule has 1 saturated carbocycles. The van der Waals surface area contributed by atoms with Crippen molar-refractivity contribution >= 4 is 5.82 Å². The summed E-state index contributed by atoms with van der Waals surface area (Å²) in [7, 11) is 0. The summed E-state index contributed by atoms with van der Waals surface area (Å²) in [4.78, 5) is 1.76. The summed E-state index contributed by atoms with van der Waals surface area (Å²) in [5.74, 6) is 0.635. The van der Waals surface area contributed by atoms with Crippen molar-refractivity contribution in [1.82, 2.24) is 15.1 Å². The van der Waals surface area contributed by atoms with E-state index < -0.39 is 23.9 Å². The summed E-state index contributed by atoms with van der Waals surface area (Å²) in [6.45, 7) is 0.887. The van der Waals surface area contributed by atoms with Crippen LogP contribution < -0.4 is 5.32 Å². The van der Waals surface area contributed by atoms with Gasteiger partial charge in [-0.15, -0.1) is 10.2 Å². The van der Waals surface area contributed by atoms with Crippen LogP contribution in [0.1, 0.15) is 67.1 Å². The van der Waals surface area contributed by atoms with Gasteiger partial charge in [-0.05, 0) is 80.7 Å². The average molecular weight is 482 g/mol. The number of hydrogen-bond donors (Lipinski definition) is 2. The molecule has 184 valence electrons. The lowest BCUT2D eigenvalue weighted by atomic mass is 9.66. The normalized spacial score (nSPS) is 24.9. The minimum Gasteiger partial charge on any atom is -0.507 e. The standard InChI is InChI=1S/C24H27F5N4O/c25-19(26)12-33-9-1-2-16(11-33)30-23-21-14-5-3-13(4-6-14)20(21)22(31-32-23)17-8-7-15(10-18(17)34)24(27,28)29/h7-8,10,13-14,16,19,34H,1-6,9,11-12H2,(H,30,32)/t13?,14?,16-/m1/s1. The number of nitrogens with one attached hydrogen (secondary N) is 1. The molecule has 0 spiro atoms. The number of rotatable bonds is 5. The first-order valence-corrected chi connectivity index (χ1v) is 11.8. The van der Waals surface area contributed by atoms with E-state index >= 15 is 0 Å². The lowest BCUT2D eigenvalue weighted by Crippen LogP contribution is -2.44. The van der Waals surface area contributed by atoms with Crippen LogP contribution >= 0.6 is 0 Å². The summed E-state index contributed by atoms with van der Waals surface area (Å²) < 4.78 is 65.0. The van der Waals surface area contributed by atoms with E-state index in [1.807, 2.05) is 0 Å². The maximum atomic E-state index is 13.1. The molecule has 2 bridgehead atoms. The number of likely N-dealkylation sites (tertiary alicyclic amines) is 1. The van der Waals surface area contributed by atoms with Crippen LogP contribution in [0.3, 0.4) is 0 Å². The Morgan fingerprint density at radius 3 is 2.38 bits per heavy atom. The lowest BCUT2D eigenvalue weighted by Gasteiger charge is -2.41. The Bertz CT molecular complexity index is 1050. The molecule has 1 saturated heterocycles. The molecule has 6 rings (SSSR count). The van der Waals surface area contributed by atoms with Crippen molar-refractivity contribution in [3.8, 4) is 17.0 Å². The highest BCUT2D eigenvalue weighted by Gasteiger charge is 2.39. The molecule has 3 aliphatic carbocycles. The van der Waals surface area contributed by atoms with Gasteiger partial charge in [0.2, 0.25) is 0 Å². The molecule has 1 aliphatic heterocycles. The number of fused-ring (bicyclic) bond motifs is 2. The second-order valence-corrected chi connectivity index (χ2v) is 9.64. The number of halogens is 5. The van der Waals surface area contributed by atoms with Gasteiger partial charge in [0.1, 0.15) is 11.4 Å². The van der Waals surface area contributed by atoms with E-state index in [0.29, 0.717) is 24.6 Å². The lowest BCUT2D eigenvalue weighted by molar-refractivity contribution is -0.137. The molecular formula is C24H27F5N4O. The zero-order valence-corrected chi connectivity index (χ0v) is 18.6. The monoisotopic (exact) mass is 482 g/mol. The quantitative estimate of drug-likeness (QED) is 0.531. The number of nitrogens with zero attached hydrogens (tertiary/aromatic N) is 3. The predicted molar refractivity (Wildman–Crippen MR) is 117 cm³/mol. The van der Waals surface area contributed by atoms with E-state index in [1.54, 1.807) is 4.90 Å². The van der Waals surface area contributed by atoms with Crippen LogP contribution in [-0.2, 0) is 6.18 Å². The van der Waals surface area contributed by atoms with Gasteiger partial charge in [0.25, 0.3) is 6.43 Å². The second kappa shape index (κ2) is 8.94. The van der Waals surface area contributed by atoms with E-state index in [1.165, 1.54) is 6.07 Å².